The summed E-state index contributed by atoms with van der Waals surface area (Å²) in [6.45, 7) is 0. The van der Waals surface area contributed by atoms with E-state index in [9.17, 15) is 4.79 Å². The van der Waals surface area contributed by atoms with Gasteiger partial charge in [0.15, 0.2) is 0 Å². The van der Waals surface area contributed by atoms with E-state index < -0.39 is 5.97 Å². The molecule has 0 radical (unpaired) electrons. The van der Waals surface area contributed by atoms with Crippen molar-refractivity contribution in [3.8, 4) is 0 Å². The molecule has 0 unspecified atom stereocenters. The Morgan fingerprint density at radius 1 is 1.58 bits per heavy atom. The molecule has 0 fully saturated rings. The molecule has 0 aromatic carbocycles. The lowest BCUT2D eigenvalue weighted by Gasteiger charge is -1.82. The van der Waals surface area contributed by atoms with Crippen molar-refractivity contribution in [1.29, 1.82) is 0 Å². The third kappa shape index (κ3) is 0.875. The fraction of sp³-hybridized carbons (Fsp3) is 0. The van der Waals surface area contributed by atoms with Gasteiger partial charge in [0.25, 0.3) is 11.6 Å². The van der Waals surface area contributed by atoms with Gasteiger partial charge in [-0.15, -0.1) is 5.10 Å². The lowest BCUT2D eigenvalue weighted by Crippen LogP contribution is -1.99. The molecule has 0 aliphatic carbocycles. The average Bonchev–Trinajstić information content (AvgIpc) is 2.46. The number of fused-ring (bicyclic) bond motifs is 1. The van der Waals surface area contributed by atoms with E-state index in [-0.39, 0.29) is 11.6 Å². The van der Waals surface area contributed by atoms with Crippen molar-refractivity contribution in [2.75, 3.05) is 0 Å². The Morgan fingerprint density at radius 3 is 3.08 bits per heavy atom. The fourth-order valence-corrected chi connectivity index (χ4v) is 0.749. The molecule has 2 heterocycles. The van der Waals surface area contributed by atoms with Crippen molar-refractivity contribution in [2.24, 2.45) is 0 Å². The van der Waals surface area contributed by atoms with Crippen LogP contribution in [-0.2, 0) is 0 Å². The topological polar surface area (TPSA) is 93.3 Å². The minimum Gasteiger partial charge on any atom is -0.475 e. The number of carbonyl (C=O) groups is 1. The lowest BCUT2D eigenvalue weighted by atomic mass is 10.6. The summed E-state index contributed by atoms with van der Waals surface area (Å²) >= 11 is 0. The number of carboxylic acid groups (broad SMARTS) is 1. The third-order valence-electron chi connectivity index (χ3n) is 1.22. The summed E-state index contributed by atoms with van der Waals surface area (Å²) in [5.41, 5.74) is 0. The Balaban J connectivity index is 2.70. The number of carboxylic acids is 1. The normalized spacial score (nSPS) is 10.3. The van der Waals surface area contributed by atoms with Gasteiger partial charge in [0.1, 0.15) is 12.7 Å². The standard InChI is InChI=1S/C5H3N5O2/c11-4(12)3-8-5-7-1-6-2-10(5)9-3/h1-2H,(H,11,12). The molecule has 2 rings (SSSR count). The smallest absolute Gasteiger partial charge is 0.375 e. The number of nitrogens with zero attached hydrogens (tertiary/aromatic N) is 5. The van der Waals surface area contributed by atoms with E-state index >= 15 is 0 Å². The van der Waals surface area contributed by atoms with Crippen LogP contribution in [0.25, 0.3) is 5.78 Å². The maximum absolute atomic E-state index is 10.4. The molecule has 0 aliphatic rings. The summed E-state index contributed by atoms with van der Waals surface area (Å²) in [6.07, 6.45) is 2.61. The first-order valence-corrected chi connectivity index (χ1v) is 3.03. The molecule has 12 heavy (non-hydrogen) atoms. The Labute approximate surface area is 65.7 Å². The van der Waals surface area contributed by atoms with E-state index in [0.717, 1.165) is 0 Å². The Morgan fingerprint density at radius 2 is 2.42 bits per heavy atom. The molecule has 2 aromatic heterocycles. The van der Waals surface area contributed by atoms with Crippen LogP contribution in [0.15, 0.2) is 12.7 Å². The fourth-order valence-electron chi connectivity index (χ4n) is 0.749. The summed E-state index contributed by atoms with van der Waals surface area (Å²) in [7, 11) is 0. The van der Waals surface area contributed by atoms with E-state index in [0.29, 0.717) is 0 Å². The molecular weight excluding hydrogens is 162 g/mol. The van der Waals surface area contributed by atoms with E-state index in [2.05, 4.69) is 20.1 Å². The van der Waals surface area contributed by atoms with Gasteiger partial charge in [-0.05, 0) is 0 Å². The SMILES string of the molecule is O=C(O)c1nc2ncncn2n1. The largest absolute Gasteiger partial charge is 0.475 e. The van der Waals surface area contributed by atoms with E-state index in [1.54, 1.807) is 0 Å². The van der Waals surface area contributed by atoms with Crippen LogP contribution in [0.2, 0.25) is 0 Å². The van der Waals surface area contributed by atoms with Crippen molar-refractivity contribution in [3.05, 3.63) is 18.5 Å². The summed E-state index contributed by atoms with van der Waals surface area (Å²) in [5.74, 6) is -1.24. The maximum Gasteiger partial charge on any atom is 0.375 e. The molecule has 0 amide bonds. The van der Waals surface area contributed by atoms with Crippen LogP contribution in [-0.4, -0.2) is 35.6 Å². The predicted octanol–water partition coefficient (Wildman–Crippen LogP) is -0.782. The van der Waals surface area contributed by atoms with Gasteiger partial charge in [-0.25, -0.2) is 9.78 Å². The molecule has 0 saturated carbocycles. The molecular formula is C5H3N5O2. The molecule has 60 valence electrons. The van der Waals surface area contributed by atoms with Gasteiger partial charge in [0, 0.05) is 0 Å². The van der Waals surface area contributed by atoms with Crippen LogP contribution < -0.4 is 0 Å². The number of hydrogen-bond acceptors (Lipinski definition) is 5. The van der Waals surface area contributed by atoms with Gasteiger partial charge >= 0.3 is 5.97 Å². The summed E-state index contributed by atoms with van der Waals surface area (Å²) in [6, 6.07) is 0. The highest BCUT2D eigenvalue weighted by atomic mass is 16.4. The quantitative estimate of drug-likeness (QED) is 0.595. The molecule has 7 heteroatoms. The molecule has 0 bridgehead atoms. The summed E-state index contributed by atoms with van der Waals surface area (Å²) in [4.78, 5) is 21.3. The molecule has 1 N–H and O–H groups in total. The van der Waals surface area contributed by atoms with Gasteiger partial charge in [-0.3, -0.25) is 0 Å². The minimum absolute atomic E-state index is 0.224. The predicted molar refractivity (Wildman–Crippen MR) is 35.5 cm³/mol. The van der Waals surface area contributed by atoms with Crippen LogP contribution >= 0.6 is 0 Å². The monoisotopic (exact) mass is 165 g/mol. The van der Waals surface area contributed by atoms with E-state index in [4.69, 9.17) is 5.11 Å². The number of aromatic nitrogens is 5. The van der Waals surface area contributed by atoms with Gasteiger partial charge in [-0.1, -0.05) is 0 Å². The van der Waals surface area contributed by atoms with Crippen LogP contribution in [0.4, 0.5) is 0 Å². The number of hydrogen-bond donors (Lipinski definition) is 1. The molecule has 0 saturated heterocycles. The summed E-state index contributed by atoms with van der Waals surface area (Å²) in [5, 5.41) is 12.1. The zero-order valence-corrected chi connectivity index (χ0v) is 5.75. The lowest BCUT2D eigenvalue weighted by molar-refractivity contribution is 0.0684. The highest BCUT2D eigenvalue weighted by molar-refractivity contribution is 5.83. The highest BCUT2D eigenvalue weighted by Gasteiger charge is 2.10. The van der Waals surface area contributed by atoms with Gasteiger partial charge < -0.3 is 5.11 Å². The second kappa shape index (κ2) is 2.22. The van der Waals surface area contributed by atoms with Crippen LogP contribution in [0.1, 0.15) is 10.6 Å². The van der Waals surface area contributed by atoms with E-state index in [1.807, 2.05) is 0 Å². The van der Waals surface area contributed by atoms with Crippen molar-refractivity contribution < 1.29 is 9.90 Å². The zero-order chi connectivity index (χ0) is 8.55. The number of rotatable bonds is 1. The molecule has 0 atom stereocenters. The minimum atomic E-state index is -1.18. The number of aromatic carboxylic acids is 1. The maximum atomic E-state index is 10.4. The molecule has 0 spiro atoms. The second-order valence-electron chi connectivity index (χ2n) is 1.99. The van der Waals surface area contributed by atoms with Crippen LogP contribution in [0.3, 0.4) is 0 Å². The Kier molecular flexibility index (Phi) is 1.23. The summed E-state index contributed by atoms with van der Waals surface area (Å²) < 4.78 is 1.20. The van der Waals surface area contributed by atoms with Crippen LogP contribution in [0, 0.1) is 0 Å². The molecule has 2 aromatic rings. The van der Waals surface area contributed by atoms with Crippen molar-refractivity contribution in [3.63, 3.8) is 0 Å². The first-order chi connectivity index (χ1) is 5.77. The Bertz CT molecular complexity index is 403. The first-order valence-electron chi connectivity index (χ1n) is 3.03. The van der Waals surface area contributed by atoms with Gasteiger partial charge in [0.2, 0.25) is 0 Å². The second-order valence-corrected chi connectivity index (χ2v) is 1.99. The Hall–Kier alpha value is -2.05. The van der Waals surface area contributed by atoms with Crippen molar-refractivity contribution >= 4 is 11.7 Å². The van der Waals surface area contributed by atoms with Crippen molar-refractivity contribution in [2.45, 2.75) is 0 Å². The first kappa shape index (κ1) is 6.65. The third-order valence-corrected chi connectivity index (χ3v) is 1.22. The highest BCUT2D eigenvalue weighted by Crippen LogP contribution is 1.94. The molecule has 0 aliphatic heterocycles. The average molecular weight is 165 g/mol. The van der Waals surface area contributed by atoms with E-state index in [1.165, 1.54) is 17.2 Å². The van der Waals surface area contributed by atoms with Gasteiger partial charge in [0.05, 0.1) is 0 Å². The molecule has 7 nitrogen and oxygen atoms in total. The van der Waals surface area contributed by atoms with Crippen LogP contribution in [0.5, 0.6) is 0 Å². The van der Waals surface area contributed by atoms with Crippen molar-refractivity contribution in [1.82, 2.24) is 24.6 Å². The van der Waals surface area contributed by atoms with Gasteiger partial charge in [-0.2, -0.15) is 14.5 Å². The zero-order valence-electron chi connectivity index (χ0n) is 5.75.